The average molecular weight is 262 g/mol. The van der Waals surface area contributed by atoms with Crippen molar-refractivity contribution in [3.05, 3.63) is 11.3 Å². The summed E-state index contributed by atoms with van der Waals surface area (Å²) in [5, 5.41) is 4.30. The lowest BCUT2D eigenvalue weighted by Crippen LogP contribution is -2.27. The quantitative estimate of drug-likeness (QED) is 0.856. The summed E-state index contributed by atoms with van der Waals surface area (Å²) in [6.07, 6.45) is 9.69. The van der Waals surface area contributed by atoms with Gasteiger partial charge in [0.1, 0.15) is 0 Å². The van der Waals surface area contributed by atoms with Gasteiger partial charge in [-0.15, -0.1) is 0 Å². The van der Waals surface area contributed by atoms with E-state index in [0.717, 1.165) is 17.5 Å². The Morgan fingerprint density at radius 1 is 1.11 bits per heavy atom. The Morgan fingerprint density at radius 3 is 2.58 bits per heavy atom. The van der Waals surface area contributed by atoms with Crippen molar-refractivity contribution in [2.75, 3.05) is 5.73 Å². The van der Waals surface area contributed by atoms with Gasteiger partial charge in [-0.1, -0.05) is 44.7 Å². The smallest absolute Gasteiger partial charge is 0.225 e. The van der Waals surface area contributed by atoms with Crippen LogP contribution in [-0.2, 0) is 0 Å². The van der Waals surface area contributed by atoms with E-state index in [4.69, 9.17) is 10.3 Å². The van der Waals surface area contributed by atoms with Crippen LogP contribution in [0.5, 0.6) is 0 Å². The second kappa shape index (κ2) is 5.18. The summed E-state index contributed by atoms with van der Waals surface area (Å²) >= 11 is 0. The van der Waals surface area contributed by atoms with Gasteiger partial charge in [-0.3, -0.25) is 0 Å². The molecule has 0 spiro atoms. The number of hydrogen-bond acceptors (Lipinski definition) is 3. The molecule has 1 aromatic heterocycles. The lowest BCUT2D eigenvalue weighted by Gasteiger charge is -2.39. The van der Waals surface area contributed by atoms with Crippen molar-refractivity contribution in [2.24, 2.45) is 11.8 Å². The van der Waals surface area contributed by atoms with Crippen LogP contribution in [0.15, 0.2) is 4.52 Å². The third-order valence-electron chi connectivity index (χ3n) is 5.29. The lowest BCUT2D eigenvalue weighted by molar-refractivity contribution is 0.152. The van der Waals surface area contributed by atoms with Gasteiger partial charge < -0.3 is 10.3 Å². The molecular weight excluding hydrogens is 236 g/mol. The first-order chi connectivity index (χ1) is 9.16. The first-order valence-electron chi connectivity index (χ1n) is 7.91. The Morgan fingerprint density at radius 2 is 1.84 bits per heavy atom. The molecule has 3 heteroatoms. The Kier molecular flexibility index (Phi) is 3.55. The van der Waals surface area contributed by atoms with Gasteiger partial charge in [0.2, 0.25) is 5.88 Å². The van der Waals surface area contributed by atoms with E-state index < -0.39 is 0 Å². The summed E-state index contributed by atoms with van der Waals surface area (Å²) in [6, 6.07) is 0. The van der Waals surface area contributed by atoms with E-state index in [2.05, 4.69) is 19.0 Å². The standard InChI is InChI=1S/C16H26N2O/c1-10(2)14-15(18-19-16(14)17)13-8-7-11-5-3-4-6-12(11)9-13/h10-13H,3-9,17H2,1-2H3. The van der Waals surface area contributed by atoms with Gasteiger partial charge in [0.05, 0.1) is 5.69 Å². The molecule has 0 aromatic carbocycles. The minimum Gasteiger partial charge on any atom is -0.367 e. The molecule has 1 aromatic rings. The number of nitrogens with zero attached hydrogens (tertiary/aromatic N) is 1. The summed E-state index contributed by atoms with van der Waals surface area (Å²) < 4.78 is 5.27. The highest BCUT2D eigenvalue weighted by Gasteiger charge is 2.35. The van der Waals surface area contributed by atoms with Crippen LogP contribution in [0.4, 0.5) is 5.88 Å². The molecule has 0 bridgehead atoms. The molecule has 2 aliphatic carbocycles. The lowest BCUT2D eigenvalue weighted by atomic mass is 9.66. The fourth-order valence-electron chi connectivity index (χ4n) is 4.32. The van der Waals surface area contributed by atoms with E-state index in [9.17, 15) is 0 Å². The Bertz CT molecular complexity index is 438. The van der Waals surface area contributed by atoms with Crippen LogP contribution in [0.25, 0.3) is 0 Å². The molecule has 2 aliphatic rings. The minimum absolute atomic E-state index is 0.408. The highest BCUT2D eigenvalue weighted by atomic mass is 16.5. The van der Waals surface area contributed by atoms with Crippen molar-refractivity contribution >= 4 is 5.88 Å². The molecular formula is C16H26N2O. The molecule has 2 N–H and O–H groups in total. The van der Waals surface area contributed by atoms with Crippen LogP contribution >= 0.6 is 0 Å². The molecule has 106 valence electrons. The topological polar surface area (TPSA) is 52.0 Å². The molecule has 0 aliphatic heterocycles. The van der Waals surface area contributed by atoms with Crippen molar-refractivity contribution in [1.82, 2.24) is 5.16 Å². The van der Waals surface area contributed by atoms with Crippen LogP contribution in [0.2, 0.25) is 0 Å². The predicted octanol–water partition coefficient (Wildman–Crippen LogP) is 4.45. The minimum atomic E-state index is 0.408. The van der Waals surface area contributed by atoms with Crippen molar-refractivity contribution in [3.63, 3.8) is 0 Å². The van der Waals surface area contributed by atoms with E-state index in [1.165, 1.54) is 50.5 Å². The van der Waals surface area contributed by atoms with E-state index in [-0.39, 0.29) is 0 Å². The zero-order valence-electron chi connectivity index (χ0n) is 12.2. The molecule has 0 radical (unpaired) electrons. The summed E-state index contributed by atoms with van der Waals surface area (Å²) in [7, 11) is 0. The second-order valence-corrected chi connectivity index (χ2v) is 6.82. The van der Waals surface area contributed by atoms with Crippen molar-refractivity contribution in [2.45, 2.75) is 70.6 Å². The highest BCUT2D eigenvalue weighted by molar-refractivity contribution is 5.42. The zero-order valence-corrected chi connectivity index (χ0v) is 12.2. The number of anilines is 1. The van der Waals surface area contributed by atoms with E-state index in [1.54, 1.807) is 0 Å². The van der Waals surface area contributed by atoms with Crippen LogP contribution in [-0.4, -0.2) is 5.16 Å². The Hall–Kier alpha value is -0.990. The van der Waals surface area contributed by atoms with Crippen LogP contribution in [0.1, 0.15) is 81.9 Å². The molecule has 19 heavy (non-hydrogen) atoms. The first kappa shape index (κ1) is 13.0. The summed E-state index contributed by atoms with van der Waals surface area (Å²) in [4.78, 5) is 0. The van der Waals surface area contributed by atoms with Gasteiger partial charge in [0.25, 0.3) is 0 Å². The van der Waals surface area contributed by atoms with E-state index >= 15 is 0 Å². The Balaban J connectivity index is 1.79. The average Bonchev–Trinajstić information content (AvgIpc) is 2.80. The van der Waals surface area contributed by atoms with Gasteiger partial charge in [-0.2, -0.15) is 0 Å². The second-order valence-electron chi connectivity index (χ2n) is 6.82. The number of aromatic nitrogens is 1. The first-order valence-corrected chi connectivity index (χ1v) is 7.91. The molecule has 1 heterocycles. The van der Waals surface area contributed by atoms with Crippen molar-refractivity contribution < 1.29 is 4.52 Å². The molecule has 0 saturated heterocycles. The van der Waals surface area contributed by atoms with Crippen LogP contribution in [0, 0.1) is 11.8 Å². The number of nitrogens with two attached hydrogens (primary N) is 1. The Labute approximate surface area is 115 Å². The number of hydrogen-bond donors (Lipinski definition) is 1. The third-order valence-corrected chi connectivity index (χ3v) is 5.29. The maximum Gasteiger partial charge on any atom is 0.225 e. The third kappa shape index (κ3) is 2.39. The molecule has 0 amide bonds. The molecule has 3 nitrogen and oxygen atoms in total. The highest BCUT2D eigenvalue weighted by Crippen LogP contribution is 2.47. The zero-order chi connectivity index (χ0) is 13.4. The normalized spacial score (nSPS) is 31.4. The van der Waals surface area contributed by atoms with Gasteiger partial charge in [0.15, 0.2) is 0 Å². The molecule has 2 saturated carbocycles. The number of nitrogen functional groups attached to an aromatic ring is 1. The molecule has 3 atom stereocenters. The molecule has 3 rings (SSSR count). The summed E-state index contributed by atoms with van der Waals surface area (Å²) in [6.45, 7) is 4.36. The van der Waals surface area contributed by atoms with E-state index in [0.29, 0.717) is 17.7 Å². The number of fused-ring (bicyclic) bond motifs is 1. The predicted molar refractivity (Wildman–Crippen MR) is 77.0 cm³/mol. The van der Waals surface area contributed by atoms with Crippen molar-refractivity contribution in [3.8, 4) is 0 Å². The van der Waals surface area contributed by atoms with Gasteiger partial charge in [-0.25, -0.2) is 0 Å². The maximum absolute atomic E-state index is 5.95. The molecule has 3 unspecified atom stereocenters. The van der Waals surface area contributed by atoms with Crippen molar-refractivity contribution in [1.29, 1.82) is 0 Å². The van der Waals surface area contributed by atoms with Gasteiger partial charge in [0, 0.05) is 11.5 Å². The number of rotatable bonds is 2. The maximum atomic E-state index is 5.95. The largest absolute Gasteiger partial charge is 0.367 e. The SMILES string of the molecule is CC(C)c1c(C2CCC3CCCCC3C2)noc1N. The monoisotopic (exact) mass is 262 g/mol. The van der Waals surface area contributed by atoms with E-state index in [1.807, 2.05) is 0 Å². The van der Waals surface area contributed by atoms with Gasteiger partial charge in [-0.05, 0) is 37.0 Å². The van der Waals surface area contributed by atoms with Crippen LogP contribution in [0.3, 0.4) is 0 Å². The fourth-order valence-corrected chi connectivity index (χ4v) is 4.32. The van der Waals surface area contributed by atoms with Crippen LogP contribution < -0.4 is 5.73 Å². The van der Waals surface area contributed by atoms with Gasteiger partial charge >= 0.3 is 0 Å². The fraction of sp³-hybridized carbons (Fsp3) is 0.812. The summed E-state index contributed by atoms with van der Waals surface area (Å²) in [5.41, 5.74) is 8.28. The molecule has 2 fully saturated rings. The summed E-state index contributed by atoms with van der Waals surface area (Å²) in [5.74, 6) is 3.43.